The van der Waals surface area contributed by atoms with Gasteiger partial charge >= 0.3 is 0 Å². The molecule has 2 N–H and O–H groups in total. The molecule has 0 aromatic carbocycles. The quantitative estimate of drug-likeness (QED) is 0.862. The van der Waals surface area contributed by atoms with Gasteiger partial charge in [0.05, 0.1) is 10.6 Å². The Labute approximate surface area is 115 Å². The van der Waals surface area contributed by atoms with E-state index >= 15 is 0 Å². The summed E-state index contributed by atoms with van der Waals surface area (Å²) in [6.07, 6.45) is 0. The molecule has 0 aliphatic rings. The van der Waals surface area contributed by atoms with Gasteiger partial charge in [-0.1, -0.05) is 6.92 Å². The molecule has 4 nitrogen and oxygen atoms in total. The second-order valence-corrected chi connectivity index (χ2v) is 7.10. The molecule has 0 radical (unpaired) electrons. The molecule has 0 aliphatic carbocycles. The Morgan fingerprint density at radius 2 is 2.17 bits per heavy atom. The van der Waals surface area contributed by atoms with Crippen LogP contribution in [0.1, 0.15) is 11.8 Å². The smallest absolute Gasteiger partial charge is 0.262 e. The number of thiophene rings is 2. The summed E-state index contributed by atoms with van der Waals surface area (Å²) in [4.78, 5) is 1.34. The highest BCUT2D eigenvalue weighted by atomic mass is 32.2. The maximum absolute atomic E-state index is 12.1. The Morgan fingerprint density at radius 1 is 1.33 bits per heavy atom. The Bertz CT molecular complexity index is 588. The number of sulfonamides is 1. The second kappa shape index (κ2) is 5.83. The molecule has 0 bridgehead atoms. The molecular weight excluding hydrogens is 288 g/mol. The standard InChI is InChI=1S/C11H14N2O2S3/c1-2-12-6-10-5-11(8-17-10)18(14,15)13-9-3-4-16-7-9/h3-5,7-8,12-13H,2,6H2,1H3. The summed E-state index contributed by atoms with van der Waals surface area (Å²) in [7, 11) is -3.45. The van der Waals surface area contributed by atoms with E-state index in [1.54, 1.807) is 22.9 Å². The zero-order valence-corrected chi connectivity index (χ0v) is 12.3. The number of nitrogens with one attached hydrogen (secondary N) is 2. The van der Waals surface area contributed by atoms with Gasteiger partial charge in [0.25, 0.3) is 10.0 Å². The lowest BCUT2D eigenvalue weighted by Crippen LogP contribution is -2.12. The minimum atomic E-state index is -3.45. The van der Waals surface area contributed by atoms with Crippen molar-refractivity contribution in [3.63, 3.8) is 0 Å². The van der Waals surface area contributed by atoms with Crippen LogP contribution in [-0.4, -0.2) is 15.0 Å². The maximum atomic E-state index is 12.1. The second-order valence-electron chi connectivity index (χ2n) is 3.65. The molecule has 2 aromatic rings. The molecule has 0 fully saturated rings. The van der Waals surface area contributed by atoms with E-state index in [4.69, 9.17) is 0 Å². The van der Waals surface area contributed by atoms with Crippen LogP contribution in [0.2, 0.25) is 0 Å². The van der Waals surface area contributed by atoms with Gasteiger partial charge in [0.15, 0.2) is 0 Å². The Kier molecular flexibility index (Phi) is 4.39. The Balaban J connectivity index is 2.12. The van der Waals surface area contributed by atoms with Crippen molar-refractivity contribution in [3.8, 4) is 0 Å². The summed E-state index contributed by atoms with van der Waals surface area (Å²) < 4.78 is 26.7. The average Bonchev–Trinajstić information content (AvgIpc) is 2.96. The van der Waals surface area contributed by atoms with Crippen molar-refractivity contribution in [2.24, 2.45) is 0 Å². The van der Waals surface area contributed by atoms with E-state index < -0.39 is 10.0 Å². The molecule has 0 amide bonds. The van der Waals surface area contributed by atoms with E-state index in [1.807, 2.05) is 12.3 Å². The monoisotopic (exact) mass is 302 g/mol. The van der Waals surface area contributed by atoms with Gasteiger partial charge in [-0.25, -0.2) is 8.42 Å². The molecule has 7 heteroatoms. The summed E-state index contributed by atoms with van der Waals surface area (Å²) in [5.74, 6) is 0. The minimum absolute atomic E-state index is 0.326. The molecule has 0 atom stereocenters. The highest BCUT2D eigenvalue weighted by Gasteiger charge is 2.16. The van der Waals surface area contributed by atoms with Crippen LogP contribution in [0.5, 0.6) is 0 Å². The fraction of sp³-hybridized carbons (Fsp3) is 0.273. The minimum Gasteiger partial charge on any atom is -0.312 e. The van der Waals surface area contributed by atoms with Crippen LogP contribution in [0.25, 0.3) is 0 Å². The van der Waals surface area contributed by atoms with Gasteiger partial charge in [0.1, 0.15) is 0 Å². The first-order chi connectivity index (χ1) is 8.62. The maximum Gasteiger partial charge on any atom is 0.262 e. The lowest BCUT2D eigenvalue weighted by atomic mass is 10.4. The van der Waals surface area contributed by atoms with E-state index in [-0.39, 0.29) is 0 Å². The molecule has 18 heavy (non-hydrogen) atoms. The third-order valence-corrected chi connectivity index (χ3v) is 5.39. The highest BCUT2D eigenvalue weighted by Crippen LogP contribution is 2.22. The Hall–Kier alpha value is -0.890. The first-order valence-electron chi connectivity index (χ1n) is 5.45. The van der Waals surface area contributed by atoms with Crippen LogP contribution < -0.4 is 10.0 Å². The predicted octanol–water partition coefficient (Wildman–Crippen LogP) is 2.72. The molecule has 0 saturated heterocycles. The van der Waals surface area contributed by atoms with Crippen molar-refractivity contribution in [2.75, 3.05) is 11.3 Å². The van der Waals surface area contributed by atoms with Gasteiger partial charge in [-0.05, 0) is 24.1 Å². The van der Waals surface area contributed by atoms with Gasteiger partial charge in [0, 0.05) is 22.2 Å². The van der Waals surface area contributed by atoms with Crippen molar-refractivity contribution in [3.05, 3.63) is 33.2 Å². The summed E-state index contributed by atoms with van der Waals surface area (Å²) >= 11 is 2.91. The summed E-state index contributed by atoms with van der Waals surface area (Å²) in [6, 6.07) is 3.45. The topological polar surface area (TPSA) is 58.2 Å². The summed E-state index contributed by atoms with van der Waals surface area (Å²) in [5, 5.41) is 8.44. The van der Waals surface area contributed by atoms with Gasteiger partial charge in [-0.15, -0.1) is 11.3 Å². The van der Waals surface area contributed by atoms with Crippen LogP contribution in [0.15, 0.2) is 33.2 Å². The number of rotatable bonds is 6. The van der Waals surface area contributed by atoms with Gasteiger partial charge < -0.3 is 5.32 Å². The first-order valence-corrected chi connectivity index (χ1v) is 8.75. The lowest BCUT2D eigenvalue weighted by molar-refractivity contribution is 0.601. The number of hydrogen-bond acceptors (Lipinski definition) is 5. The van der Waals surface area contributed by atoms with Crippen molar-refractivity contribution in [2.45, 2.75) is 18.4 Å². The van der Waals surface area contributed by atoms with Crippen molar-refractivity contribution in [1.82, 2.24) is 5.32 Å². The predicted molar refractivity (Wildman–Crippen MR) is 76.8 cm³/mol. The van der Waals surface area contributed by atoms with Crippen molar-refractivity contribution < 1.29 is 8.42 Å². The van der Waals surface area contributed by atoms with E-state index in [0.29, 0.717) is 17.1 Å². The lowest BCUT2D eigenvalue weighted by Gasteiger charge is -2.03. The van der Waals surface area contributed by atoms with E-state index in [9.17, 15) is 8.42 Å². The molecule has 2 aromatic heterocycles. The molecule has 2 rings (SSSR count). The van der Waals surface area contributed by atoms with Gasteiger partial charge in [0.2, 0.25) is 0 Å². The van der Waals surface area contributed by atoms with Gasteiger partial charge in [-0.2, -0.15) is 11.3 Å². The number of anilines is 1. The summed E-state index contributed by atoms with van der Waals surface area (Å²) in [6.45, 7) is 3.59. The van der Waals surface area contributed by atoms with E-state index in [2.05, 4.69) is 10.0 Å². The van der Waals surface area contributed by atoms with Crippen molar-refractivity contribution in [1.29, 1.82) is 0 Å². The van der Waals surface area contributed by atoms with Crippen LogP contribution in [0, 0.1) is 0 Å². The van der Waals surface area contributed by atoms with Crippen LogP contribution in [-0.2, 0) is 16.6 Å². The van der Waals surface area contributed by atoms with Gasteiger partial charge in [-0.3, -0.25) is 4.72 Å². The zero-order valence-electron chi connectivity index (χ0n) is 9.84. The third kappa shape index (κ3) is 3.32. The van der Waals surface area contributed by atoms with Crippen LogP contribution in [0.3, 0.4) is 0 Å². The van der Waals surface area contributed by atoms with E-state index in [0.717, 1.165) is 11.4 Å². The SMILES string of the molecule is CCNCc1cc(S(=O)(=O)Nc2ccsc2)cs1. The molecule has 0 aliphatic heterocycles. The molecular formula is C11H14N2O2S3. The summed E-state index contributed by atoms with van der Waals surface area (Å²) in [5.41, 5.74) is 0.611. The normalized spacial score (nSPS) is 11.6. The molecule has 2 heterocycles. The van der Waals surface area contributed by atoms with Crippen LogP contribution >= 0.6 is 22.7 Å². The average molecular weight is 302 g/mol. The molecule has 0 spiro atoms. The fourth-order valence-electron chi connectivity index (χ4n) is 1.38. The molecule has 0 saturated carbocycles. The van der Waals surface area contributed by atoms with Crippen LogP contribution in [0.4, 0.5) is 5.69 Å². The van der Waals surface area contributed by atoms with Crippen molar-refractivity contribution >= 4 is 38.4 Å². The molecule has 0 unspecified atom stereocenters. The highest BCUT2D eigenvalue weighted by molar-refractivity contribution is 7.92. The largest absolute Gasteiger partial charge is 0.312 e. The molecule has 98 valence electrons. The third-order valence-electron chi connectivity index (χ3n) is 2.26. The zero-order chi connectivity index (χ0) is 13.0. The van der Waals surface area contributed by atoms with E-state index in [1.165, 1.54) is 22.7 Å². The first kappa shape index (κ1) is 13.5. The number of hydrogen-bond donors (Lipinski definition) is 2. The fourth-order valence-corrected chi connectivity index (χ4v) is 4.34. The Morgan fingerprint density at radius 3 is 2.83 bits per heavy atom.